The third kappa shape index (κ3) is 3.56. The number of hydrogen-bond acceptors (Lipinski definition) is 5. The number of alkyl halides is 3. The second kappa shape index (κ2) is 6.81. The predicted octanol–water partition coefficient (Wildman–Crippen LogP) is 3.18. The zero-order chi connectivity index (χ0) is 18.9. The first-order chi connectivity index (χ1) is 12.3. The molecule has 0 fully saturated rings. The average Bonchev–Trinajstić information content (AvgIpc) is 2.96. The van der Waals surface area contributed by atoms with Gasteiger partial charge in [0.25, 0.3) is 5.91 Å². The third-order valence-electron chi connectivity index (χ3n) is 4.21. The van der Waals surface area contributed by atoms with Gasteiger partial charge in [-0.25, -0.2) is 9.97 Å². The van der Waals surface area contributed by atoms with E-state index in [0.29, 0.717) is 23.5 Å². The van der Waals surface area contributed by atoms with E-state index in [2.05, 4.69) is 20.0 Å². The molecule has 1 amide bonds. The minimum Gasteiger partial charge on any atom is -0.468 e. The summed E-state index contributed by atoms with van der Waals surface area (Å²) in [5, 5.41) is 2.97. The number of nitrogens with one attached hydrogen (secondary N) is 1. The van der Waals surface area contributed by atoms with E-state index in [1.165, 1.54) is 12.3 Å². The molecule has 1 aliphatic heterocycles. The van der Waals surface area contributed by atoms with E-state index >= 15 is 0 Å². The Balaban J connectivity index is 1.74. The normalized spacial score (nSPS) is 15.0. The van der Waals surface area contributed by atoms with Crippen LogP contribution in [-0.2, 0) is 6.54 Å². The van der Waals surface area contributed by atoms with E-state index in [0.717, 1.165) is 5.56 Å². The maximum Gasteiger partial charge on any atom is 0.422 e. The van der Waals surface area contributed by atoms with Crippen LogP contribution in [0.15, 0.2) is 30.6 Å². The van der Waals surface area contributed by atoms with Crippen LogP contribution in [-0.4, -0.2) is 40.6 Å². The van der Waals surface area contributed by atoms with Crippen LogP contribution in [0, 0.1) is 0 Å². The summed E-state index contributed by atoms with van der Waals surface area (Å²) in [4.78, 5) is 22.4. The number of fused-ring (bicyclic) bond motifs is 1. The van der Waals surface area contributed by atoms with Gasteiger partial charge in [0.1, 0.15) is 5.82 Å². The molecule has 0 saturated carbocycles. The van der Waals surface area contributed by atoms with Crippen LogP contribution in [0.5, 0.6) is 5.88 Å². The Morgan fingerprint density at radius 3 is 2.69 bits per heavy atom. The molecule has 3 rings (SSSR count). The van der Waals surface area contributed by atoms with Gasteiger partial charge in [0, 0.05) is 36.6 Å². The summed E-state index contributed by atoms with van der Waals surface area (Å²) in [6.07, 6.45) is -1.42. The summed E-state index contributed by atoms with van der Waals surface area (Å²) in [6.45, 7) is 0.837. The van der Waals surface area contributed by atoms with Crippen LogP contribution in [0.1, 0.15) is 34.5 Å². The lowest BCUT2D eigenvalue weighted by atomic mass is 10.1. The van der Waals surface area contributed by atoms with Gasteiger partial charge in [-0.15, -0.1) is 0 Å². The lowest BCUT2D eigenvalue weighted by Crippen LogP contribution is -2.27. The minimum absolute atomic E-state index is 0.115. The van der Waals surface area contributed by atoms with E-state index < -0.39 is 12.8 Å². The van der Waals surface area contributed by atoms with Gasteiger partial charge in [-0.2, -0.15) is 13.2 Å². The van der Waals surface area contributed by atoms with Gasteiger partial charge in [-0.05, 0) is 18.6 Å². The van der Waals surface area contributed by atoms with Crippen molar-refractivity contribution in [2.24, 2.45) is 0 Å². The highest BCUT2D eigenvalue weighted by Gasteiger charge is 2.33. The maximum absolute atomic E-state index is 12.7. The summed E-state index contributed by atoms with van der Waals surface area (Å²) >= 11 is 0. The van der Waals surface area contributed by atoms with Crippen LogP contribution in [0.4, 0.5) is 19.0 Å². The molecule has 6 nitrogen and oxygen atoms in total. The first-order valence-electron chi connectivity index (χ1n) is 7.92. The van der Waals surface area contributed by atoms with Crippen LogP contribution >= 0.6 is 0 Å². The van der Waals surface area contributed by atoms with Crippen molar-refractivity contribution < 1.29 is 22.7 Å². The second-order valence-electron chi connectivity index (χ2n) is 5.88. The molecule has 0 saturated heterocycles. The van der Waals surface area contributed by atoms with E-state index in [1.807, 2.05) is 6.92 Å². The number of nitrogens with zero attached hydrogens (tertiary/aromatic N) is 3. The lowest BCUT2D eigenvalue weighted by Gasteiger charge is -2.24. The Kier molecular flexibility index (Phi) is 4.71. The van der Waals surface area contributed by atoms with Crippen molar-refractivity contribution in [2.75, 3.05) is 19.0 Å². The van der Waals surface area contributed by atoms with Crippen molar-refractivity contribution in [1.29, 1.82) is 0 Å². The maximum atomic E-state index is 12.7. The molecule has 2 aromatic rings. The molecule has 138 valence electrons. The number of pyridine rings is 2. The van der Waals surface area contributed by atoms with Crippen LogP contribution in [0.3, 0.4) is 0 Å². The number of rotatable bonds is 5. The number of halogens is 3. The number of amides is 1. The van der Waals surface area contributed by atoms with Crippen molar-refractivity contribution >= 4 is 11.7 Å². The van der Waals surface area contributed by atoms with Gasteiger partial charge in [0.2, 0.25) is 5.88 Å². The molecule has 26 heavy (non-hydrogen) atoms. The Morgan fingerprint density at radius 2 is 2.08 bits per heavy atom. The summed E-state index contributed by atoms with van der Waals surface area (Å²) in [5.74, 6) is 0.416. The molecule has 1 atom stereocenters. The largest absolute Gasteiger partial charge is 0.468 e. The number of carbonyl (C=O) groups is 1. The second-order valence-corrected chi connectivity index (χ2v) is 5.88. The SMILES string of the molecule is CNc1nccc2c1CN(C(C)c1ccc(OCC(F)(F)F)nc1)C2=O. The molecule has 0 radical (unpaired) electrons. The number of anilines is 1. The summed E-state index contributed by atoms with van der Waals surface area (Å²) in [5.41, 5.74) is 2.11. The Labute approximate surface area is 148 Å². The highest BCUT2D eigenvalue weighted by atomic mass is 19.4. The van der Waals surface area contributed by atoms with Crippen molar-refractivity contribution in [3.63, 3.8) is 0 Å². The van der Waals surface area contributed by atoms with Gasteiger partial charge >= 0.3 is 6.18 Å². The Bertz CT molecular complexity index is 809. The Hall–Kier alpha value is -2.84. The highest BCUT2D eigenvalue weighted by molar-refractivity contribution is 5.99. The first kappa shape index (κ1) is 18.0. The fraction of sp³-hybridized carbons (Fsp3) is 0.353. The molecule has 0 bridgehead atoms. The molecule has 3 heterocycles. The zero-order valence-electron chi connectivity index (χ0n) is 14.2. The van der Waals surface area contributed by atoms with E-state index in [9.17, 15) is 18.0 Å². The molecule has 2 aromatic heterocycles. The molecular formula is C17H17F3N4O2. The van der Waals surface area contributed by atoms with E-state index in [1.54, 1.807) is 30.3 Å². The molecule has 9 heteroatoms. The van der Waals surface area contributed by atoms with Crippen LogP contribution in [0.2, 0.25) is 0 Å². The summed E-state index contributed by atoms with van der Waals surface area (Å²) < 4.78 is 41.1. The van der Waals surface area contributed by atoms with Crippen molar-refractivity contribution in [3.8, 4) is 5.88 Å². The van der Waals surface area contributed by atoms with E-state index in [4.69, 9.17) is 0 Å². The molecule has 0 aromatic carbocycles. The van der Waals surface area contributed by atoms with Crippen molar-refractivity contribution in [2.45, 2.75) is 25.7 Å². The summed E-state index contributed by atoms with van der Waals surface area (Å²) in [6, 6.07) is 4.35. The third-order valence-corrected chi connectivity index (χ3v) is 4.21. The monoisotopic (exact) mass is 366 g/mol. The van der Waals surface area contributed by atoms with Gasteiger partial charge in [0.05, 0.1) is 12.6 Å². The predicted molar refractivity (Wildman–Crippen MR) is 87.9 cm³/mol. The smallest absolute Gasteiger partial charge is 0.422 e. The number of aromatic nitrogens is 2. The van der Waals surface area contributed by atoms with Gasteiger partial charge in [0.15, 0.2) is 6.61 Å². The first-order valence-corrected chi connectivity index (χ1v) is 7.92. The van der Waals surface area contributed by atoms with Crippen molar-refractivity contribution in [1.82, 2.24) is 14.9 Å². The van der Waals surface area contributed by atoms with E-state index in [-0.39, 0.29) is 17.8 Å². The standard InChI is InChI=1S/C17H17F3N4O2/c1-10(11-3-4-14(23-7-11)26-9-17(18,19)20)24-8-13-12(16(24)25)5-6-22-15(13)21-2/h3-7,10H,8-9H2,1-2H3,(H,21,22). The number of hydrogen-bond donors (Lipinski definition) is 1. The topological polar surface area (TPSA) is 67.3 Å². The van der Waals surface area contributed by atoms with Gasteiger partial charge in [-0.1, -0.05) is 6.07 Å². The van der Waals surface area contributed by atoms with Crippen LogP contribution < -0.4 is 10.1 Å². The molecule has 1 aliphatic rings. The quantitative estimate of drug-likeness (QED) is 0.880. The average molecular weight is 366 g/mol. The number of ether oxygens (including phenoxy) is 1. The zero-order valence-corrected chi connectivity index (χ0v) is 14.2. The summed E-state index contributed by atoms with van der Waals surface area (Å²) in [7, 11) is 1.74. The molecule has 0 spiro atoms. The fourth-order valence-corrected chi connectivity index (χ4v) is 2.84. The highest BCUT2D eigenvalue weighted by Crippen LogP contribution is 2.33. The molecular weight excluding hydrogens is 349 g/mol. The van der Waals surface area contributed by atoms with Gasteiger partial charge < -0.3 is 15.0 Å². The Morgan fingerprint density at radius 1 is 1.31 bits per heavy atom. The van der Waals surface area contributed by atoms with Gasteiger partial charge in [-0.3, -0.25) is 4.79 Å². The number of carbonyl (C=O) groups excluding carboxylic acids is 1. The minimum atomic E-state index is -4.42. The fourth-order valence-electron chi connectivity index (χ4n) is 2.84. The lowest BCUT2D eigenvalue weighted by molar-refractivity contribution is -0.154. The van der Waals surface area contributed by atoms with Crippen LogP contribution in [0.25, 0.3) is 0 Å². The molecule has 1 N–H and O–H groups in total. The van der Waals surface area contributed by atoms with Crippen molar-refractivity contribution in [3.05, 3.63) is 47.3 Å². The molecule has 0 aliphatic carbocycles. The molecule has 1 unspecified atom stereocenters.